The smallest absolute Gasteiger partial charge is 0.00965 e. The Balaban J connectivity index is 3.23. The van der Waals surface area contributed by atoms with Crippen LogP contribution in [-0.4, -0.2) is 24.2 Å². The van der Waals surface area contributed by atoms with Crippen molar-refractivity contribution >= 4 is 0 Å². The number of nitrogens with one attached hydrogen (secondary N) is 2. The molecule has 0 fully saturated rings. The summed E-state index contributed by atoms with van der Waals surface area (Å²) in [4.78, 5) is 0. The summed E-state index contributed by atoms with van der Waals surface area (Å²) in [6.45, 7) is 15.5. The highest BCUT2D eigenvalue weighted by molar-refractivity contribution is 4.71. The molecule has 0 unspecified atom stereocenters. The number of hydrogen-bond acceptors (Lipinski definition) is 2. The molecule has 0 amide bonds. The van der Waals surface area contributed by atoms with E-state index in [9.17, 15) is 0 Å². The van der Waals surface area contributed by atoms with Crippen LogP contribution in [0.4, 0.5) is 0 Å². The van der Waals surface area contributed by atoms with E-state index in [1.54, 1.807) is 0 Å². The summed E-state index contributed by atoms with van der Waals surface area (Å²) in [6.07, 6.45) is 2.50. The fraction of sp³-hybridized carbons (Fsp3) is 1.00. The van der Waals surface area contributed by atoms with Crippen LogP contribution in [0.2, 0.25) is 0 Å². The van der Waals surface area contributed by atoms with E-state index in [-0.39, 0.29) is 11.1 Å². The van der Waals surface area contributed by atoms with Gasteiger partial charge < -0.3 is 10.6 Å². The van der Waals surface area contributed by atoms with E-state index in [0.29, 0.717) is 0 Å². The maximum Gasteiger partial charge on any atom is 0.00965 e. The van der Waals surface area contributed by atoms with E-state index in [2.05, 4.69) is 52.2 Å². The number of rotatable bonds is 5. The molecule has 0 aromatic rings. The predicted octanol–water partition coefficient (Wildman–Crippen LogP) is 2.54. The quantitative estimate of drug-likeness (QED) is 0.666. The van der Waals surface area contributed by atoms with Gasteiger partial charge in [0.2, 0.25) is 0 Å². The van der Waals surface area contributed by atoms with Crippen LogP contribution in [0.15, 0.2) is 0 Å². The van der Waals surface area contributed by atoms with Crippen molar-refractivity contribution in [2.24, 2.45) is 0 Å². The van der Waals surface area contributed by atoms with Crippen LogP contribution < -0.4 is 10.6 Å². The first kappa shape index (κ1) is 13.9. The highest BCUT2D eigenvalue weighted by Crippen LogP contribution is 2.00. The predicted molar refractivity (Wildman–Crippen MR) is 64.7 cm³/mol. The molecule has 14 heavy (non-hydrogen) atoms. The Bertz CT molecular complexity index is 121. The summed E-state index contributed by atoms with van der Waals surface area (Å²) in [5.41, 5.74) is 0.523. The van der Waals surface area contributed by atoms with Gasteiger partial charge in [-0.1, -0.05) is 0 Å². The Morgan fingerprint density at radius 3 is 1.14 bits per heavy atom. The summed E-state index contributed by atoms with van der Waals surface area (Å²) >= 11 is 0. The van der Waals surface area contributed by atoms with Gasteiger partial charge in [0.1, 0.15) is 0 Å². The molecule has 0 aromatic heterocycles. The largest absolute Gasteiger partial charge is 0.312 e. The molecule has 0 aliphatic carbocycles. The fourth-order valence-electron chi connectivity index (χ4n) is 1.18. The van der Waals surface area contributed by atoms with Gasteiger partial charge in [0.05, 0.1) is 0 Å². The highest BCUT2D eigenvalue weighted by Gasteiger charge is 2.08. The zero-order valence-corrected chi connectivity index (χ0v) is 10.8. The van der Waals surface area contributed by atoms with Crippen LogP contribution in [0.1, 0.15) is 54.4 Å². The Hall–Kier alpha value is -0.0800. The van der Waals surface area contributed by atoms with Crippen LogP contribution >= 0.6 is 0 Å². The molecule has 0 spiro atoms. The summed E-state index contributed by atoms with van der Waals surface area (Å²) in [5, 5.41) is 6.98. The zero-order valence-electron chi connectivity index (χ0n) is 10.8. The van der Waals surface area contributed by atoms with E-state index < -0.39 is 0 Å². The van der Waals surface area contributed by atoms with E-state index in [1.165, 1.54) is 12.8 Å². The van der Waals surface area contributed by atoms with Gasteiger partial charge in [-0.3, -0.25) is 0 Å². The topological polar surface area (TPSA) is 24.1 Å². The second kappa shape index (κ2) is 5.72. The van der Waals surface area contributed by atoms with Crippen LogP contribution in [-0.2, 0) is 0 Å². The molecule has 2 nitrogen and oxygen atoms in total. The van der Waals surface area contributed by atoms with Crippen molar-refractivity contribution < 1.29 is 0 Å². The lowest BCUT2D eigenvalue weighted by molar-refractivity contribution is 0.395. The van der Waals surface area contributed by atoms with Crippen LogP contribution in [0.3, 0.4) is 0 Å². The van der Waals surface area contributed by atoms with Crippen LogP contribution in [0.25, 0.3) is 0 Å². The number of unbranched alkanes of at least 4 members (excludes halogenated alkanes) is 1. The summed E-state index contributed by atoms with van der Waals surface area (Å²) in [5.74, 6) is 0. The van der Waals surface area contributed by atoms with Crippen molar-refractivity contribution in [3.8, 4) is 0 Å². The third-order valence-electron chi connectivity index (χ3n) is 1.91. The molecule has 0 aromatic carbocycles. The summed E-state index contributed by atoms with van der Waals surface area (Å²) in [7, 11) is 0. The van der Waals surface area contributed by atoms with E-state index in [4.69, 9.17) is 0 Å². The van der Waals surface area contributed by atoms with Crippen molar-refractivity contribution in [3.63, 3.8) is 0 Å². The minimum absolute atomic E-state index is 0.261. The maximum atomic E-state index is 3.49. The minimum atomic E-state index is 0.261. The van der Waals surface area contributed by atoms with E-state index in [1.807, 2.05) is 0 Å². The molecule has 2 N–H and O–H groups in total. The molecule has 0 atom stereocenters. The summed E-state index contributed by atoms with van der Waals surface area (Å²) < 4.78 is 0. The number of hydrogen-bond donors (Lipinski definition) is 2. The average Bonchev–Trinajstić information content (AvgIpc) is 1.92. The van der Waals surface area contributed by atoms with Crippen molar-refractivity contribution in [1.82, 2.24) is 10.6 Å². The lowest BCUT2D eigenvalue weighted by Gasteiger charge is -2.22. The van der Waals surface area contributed by atoms with Crippen molar-refractivity contribution in [3.05, 3.63) is 0 Å². The SMILES string of the molecule is CC(C)(C)NCCCCNC(C)(C)C. The van der Waals surface area contributed by atoms with Crippen LogP contribution in [0.5, 0.6) is 0 Å². The lowest BCUT2D eigenvalue weighted by atomic mass is 10.1. The van der Waals surface area contributed by atoms with E-state index in [0.717, 1.165) is 13.1 Å². The first-order valence-electron chi connectivity index (χ1n) is 5.71. The Kier molecular flexibility index (Phi) is 5.68. The average molecular weight is 200 g/mol. The molecule has 0 rings (SSSR count). The molecular weight excluding hydrogens is 172 g/mol. The minimum Gasteiger partial charge on any atom is -0.312 e. The first-order valence-corrected chi connectivity index (χ1v) is 5.71. The molecule has 86 valence electrons. The van der Waals surface area contributed by atoms with Gasteiger partial charge in [-0.25, -0.2) is 0 Å². The fourth-order valence-corrected chi connectivity index (χ4v) is 1.18. The molecule has 0 saturated heterocycles. The zero-order chi connectivity index (χ0) is 11.2. The van der Waals surface area contributed by atoms with Gasteiger partial charge in [-0.15, -0.1) is 0 Å². The normalized spacial score (nSPS) is 13.3. The van der Waals surface area contributed by atoms with Crippen molar-refractivity contribution in [2.75, 3.05) is 13.1 Å². The summed E-state index contributed by atoms with van der Waals surface area (Å²) in [6, 6.07) is 0. The van der Waals surface area contributed by atoms with Crippen molar-refractivity contribution in [2.45, 2.75) is 65.5 Å². The lowest BCUT2D eigenvalue weighted by Crippen LogP contribution is -2.38. The van der Waals surface area contributed by atoms with Gasteiger partial charge in [0, 0.05) is 11.1 Å². The monoisotopic (exact) mass is 200 g/mol. The molecule has 0 radical (unpaired) electrons. The first-order chi connectivity index (χ1) is 6.21. The van der Waals surface area contributed by atoms with Gasteiger partial charge >= 0.3 is 0 Å². The third-order valence-corrected chi connectivity index (χ3v) is 1.91. The molecule has 2 heteroatoms. The second-order valence-corrected chi connectivity index (χ2v) is 6.06. The molecule has 0 aliphatic heterocycles. The van der Waals surface area contributed by atoms with Gasteiger partial charge in [-0.2, -0.15) is 0 Å². The Morgan fingerprint density at radius 1 is 0.643 bits per heavy atom. The third kappa shape index (κ3) is 11.9. The maximum absolute atomic E-state index is 3.49. The van der Waals surface area contributed by atoms with Crippen molar-refractivity contribution in [1.29, 1.82) is 0 Å². The molecule has 0 saturated carbocycles. The van der Waals surface area contributed by atoms with E-state index >= 15 is 0 Å². The van der Waals surface area contributed by atoms with Gasteiger partial charge in [0.25, 0.3) is 0 Å². The molecule has 0 aliphatic rings. The van der Waals surface area contributed by atoms with Crippen LogP contribution in [0, 0.1) is 0 Å². The standard InChI is InChI=1S/C12H28N2/c1-11(2,3)13-9-7-8-10-14-12(4,5)6/h13-14H,7-10H2,1-6H3. The molecular formula is C12H28N2. The Morgan fingerprint density at radius 2 is 0.929 bits per heavy atom. The Labute approximate surface area is 89.9 Å². The molecule has 0 bridgehead atoms. The molecule has 0 heterocycles. The van der Waals surface area contributed by atoms with Gasteiger partial charge in [-0.05, 0) is 67.5 Å². The van der Waals surface area contributed by atoms with Gasteiger partial charge in [0.15, 0.2) is 0 Å². The highest BCUT2D eigenvalue weighted by atomic mass is 15.0. The second-order valence-electron chi connectivity index (χ2n) is 6.06.